The van der Waals surface area contributed by atoms with Crippen LogP contribution in [0.25, 0.3) is 11.1 Å². The smallest absolute Gasteiger partial charge is 0.459 e. The first-order valence-corrected chi connectivity index (χ1v) is 9.89. The molecule has 0 saturated carbocycles. The average Bonchev–Trinajstić information content (AvgIpc) is 3.24. The Bertz CT molecular complexity index is 1240. The van der Waals surface area contributed by atoms with Gasteiger partial charge in [0.2, 0.25) is 5.88 Å². The highest BCUT2D eigenvalue weighted by atomic mass is 19.4. The number of benzene rings is 2. The molecular formula is C23H16F7N3O. The fourth-order valence-electron chi connectivity index (χ4n) is 3.70. The molecule has 0 saturated heterocycles. The molecule has 0 N–H and O–H groups in total. The minimum absolute atomic E-state index is 0.271. The number of hydrogen-bond donors (Lipinski definition) is 0. The van der Waals surface area contributed by atoms with Crippen LogP contribution in [-0.2, 0) is 0 Å². The third kappa shape index (κ3) is 4.17. The summed E-state index contributed by atoms with van der Waals surface area (Å²) in [5.41, 5.74) is -0.546. The predicted octanol–water partition coefficient (Wildman–Crippen LogP) is 6.54. The van der Waals surface area contributed by atoms with Crippen LogP contribution in [-0.4, -0.2) is 29.9 Å². The van der Waals surface area contributed by atoms with Crippen molar-refractivity contribution in [1.29, 1.82) is 0 Å². The minimum atomic E-state index is -5.89. The number of pyridine rings is 1. The van der Waals surface area contributed by atoms with Gasteiger partial charge in [0.15, 0.2) is 5.82 Å². The molecule has 4 nitrogen and oxygen atoms in total. The molecule has 178 valence electrons. The number of hydrazone groups is 1. The molecule has 1 atom stereocenters. The van der Waals surface area contributed by atoms with E-state index in [1.807, 2.05) is 0 Å². The van der Waals surface area contributed by atoms with Gasteiger partial charge in [0.1, 0.15) is 11.5 Å². The minimum Gasteiger partial charge on any atom is -0.481 e. The third-order valence-corrected chi connectivity index (χ3v) is 5.33. The number of anilines is 1. The van der Waals surface area contributed by atoms with E-state index in [9.17, 15) is 30.7 Å². The monoisotopic (exact) mass is 483 g/mol. The van der Waals surface area contributed by atoms with Gasteiger partial charge in [0.05, 0.1) is 18.8 Å². The van der Waals surface area contributed by atoms with E-state index in [0.29, 0.717) is 17.2 Å². The normalized spacial score (nSPS) is 16.5. The molecule has 4 rings (SSSR count). The van der Waals surface area contributed by atoms with Gasteiger partial charge in [-0.1, -0.05) is 18.2 Å². The maximum atomic E-state index is 14.5. The van der Waals surface area contributed by atoms with Gasteiger partial charge in [0.25, 0.3) is 0 Å². The fraction of sp³-hybridized carbons (Fsp3) is 0.217. The summed E-state index contributed by atoms with van der Waals surface area (Å²) in [4.78, 5) is 4.09. The molecule has 0 fully saturated rings. The standard InChI is InChI=1S/C23H16F7N3O/c1-34-21-16(6-3-9-31-21)13-4-2-5-14(10-13)19-12-20(22(26,27)23(28,29)30)32-33(19)18-8-7-15(24)11-17(18)25/h2-11,19H,12H2,1H3. The Labute approximate surface area is 189 Å². The molecule has 0 spiro atoms. The van der Waals surface area contributed by atoms with E-state index in [0.717, 1.165) is 17.1 Å². The first-order valence-electron chi connectivity index (χ1n) is 9.89. The lowest BCUT2D eigenvalue weighted by atomic mass is 9.95. The fourth-order valence-corrected chi connectivity index (χ4v) is 3.70. The van der Waals surface area contributed by atoms with E-state index in [-0.39, 0.29) is 11.4 Å². The van der Waals surface area contributed by atoms with E-state index < -0.39 is 47.6 Å². The Hall–Kier alpha value is -3.63. The molecule has 11 heteroatoms. The van der Waals surface area contributed by atoms with Crippen molar-refractivity contribution in [3.05, 3.63) is 78.0 Å². The second-order valence-corrected chi connectivity index (χ2v) is 7.46. The van der Waals surface area contributed by atoms with Crippen molar-refractivity contribution in [3.8, 4) is 17.0 Å². The Balaban J connectivity index is 1.81. The molecular weight excluding hydrogens is 467 g/mol. The van der Waals surface area contributed by atoms with E-state index in [1.165, 1.54) is 19.4 Å². The largest absolute Gasteiger partial charge is 0.481 e. The number of hydrogen-bond acceptors (Lipinski definition) is 4. The molecule has 0 radical (unpaired) electrons. The van der Waals surface area contributed by atoms with Crippen LogP contribution in [0.2, 0.25) is 0 Å². The molecule has 1 unspecified atom stereocenters. The van der Waals surface area contributed by atoms with Crippen molar-refractivity contribution < 1.29 is 35.5 Å². The molecule has 1 aromatic heterocycles. The van der Waals surface area contributed by atoms with Crippen molar-refractivity contribution >= 4 is 11.4 Å². The number of nitrogens with zero attached hydrogens (tertiary/aromatic N) is 3. The number of ether oxygens (including phenoxy) is 1. The lowest BCUT2D eigenvalue weighted by Crippen LogP contribution is -2.43. The summed E-state index contributed by atoms with van der Waals surface area (Å²) >= 11 is 0. The quantitative estimate of drug-likeness (QED) is 0.387. The van der Waals surface area contributed by atoms with Crippen molar-refractivity contribution in [2.24, 2.45) is 5.10 Å². The maximum absolute atomic E-state index is 14.5. The topological polar surface area (TPSA) is 37.7 Å². The highest BCUT2D eigenvalue weighted by molar-refractivity contribution is 5.95. The first kappa shape index (κ1) is 23.5. The van der Waals surface area contributed by atoms with Crippen LogP contribution in [0, 0.1) is 11.6 Å². The number of alkyl halides is 5. The molecule has 3 aromatic rings. The molecule has 1 aliphatic rings. The zero-order valence-corrected chi connectivity index (χ0v) is 17.5. The van der Waals surface area contributed by atoms with Crippen molar-refractivity contribution in [1.82, 2.24) is 4.98 Å². The Morgan fingerprint density at radius 2 is 1.74 bits per heavy atom. The van der Waals surface area contributed by atoms with Crippen molar-refractivity contribution in [2.75, 3.05) is 12.1 Å². The number of aromatic nitrogens is 1. The van der Waals surface area contributed by atoms with Crippen LogP contribution in [0.4, 0.5) is 36.4 Å². The summed E-state index contributed by atoms with van der Waals surface area (Å²) in [7, 11) is 1.41. The zero-order valence-electron chi connectivity index (χ0n) is 17.5. The average molecular weight is 483 g/mol. The number of rotatable bonds is 5. The summed E-state index contributed by atoms with van der Waals surface area (Å²) in [5, 5.41) is 4.19. The van der Waals surface area contributed by atoms with Gasteiger partial charge in [-0.3, -0.25) is 5.01 Å². The summed E-state index contributed by atoms with van der Waals surface area (Å²) in [5.74, 6) is -7.06. The van der Waals surface area contributed by atoms with E-state index in [2.05, 4.69) is 10.1 Å². The van der Waals surface area contributed by atoms with Gasteiger partial charge in [-0.15, -0.1) is 0 Å². The summed E-state index contributed by atoms with van der Waals surface area (Å²) < 4.78 is 101. The lowest BCUT2D eigenvalue weighted by molar-refractivity contribution is -0.249. The predicted molar refractivity (Wildman–Crippen MR) is 111 cm³/mol. The molecule has 0 bridgehead atoms. The first-order chi connectivity index (χ1) is 16.0. The lowest BCUT2D eigenvalue weighted by Gasteiger charge is -2.25. The van der Waals surface area contributed by atoms with Crippen LogP contribution in [0.15, 0.2) is 65.9 Å². The third-order valence-electron chi connectivity index (χ3n) is 5.33. The maximum Gasteiger partial charge on any atom is 0.459 e. The van der Waals surface area contributed by atoms with E-state index >= 15 is 0 Å². The Morgan fingerprint density at radius 1 is 0.971 bits per heavy atom. The molecule has 0 amide bonds. The highest BCUT2D eigenvalue weighted by Crippen LogP contribution is 2.45. The van der Waals surface area contributed by atoms with Gasteiger partial charge in [-0.25, -0.2) is 13.8 Å². The number of methoxy groups -OCH3 is 1. The van der Waals surface area contributed by atoms with Gasteiger partial charge in [-0.2, -0.15) is 27.1 Å². The van der Waals surface area contributed by atoms with Gasteiger partial charge < -0.3 is 4.74 Å². The summed E-state index contributed by atoms with van der Waals surface area (Å²) in [6.45, 7) is 0. The SMILES string of the molecule is COc1ncccc1-c1cccc(C2CC(C(F)(F)C(F)(F)F)=NN2c2ccc(F)cc2F)c1. The Morgan fingerprint density at radius 3 is 2.41 bits per heavy atom. The molecule has 2 heterocycles. The van der Waals surface area contributed by atoms with Crippen molar-refractivity contribution in [2.45, 2.75) is 24.6 Å². The highest BCUT2D eigenvalue weighted by Gasteiger charge is 2.63. The summed E-state index contributed by atoms with van der Waals surface area (Å²) in [6, 6.07) is 10.7. The second kappa shape index (κ2) is 8.62. The van der Waals surface area contributed by atoms with Crippen LogP contribution in [0.5, 0.6) is 5.88 Å². The summed E-state index contributed by atoms with van der Waals surface area (Å²) in [6.07, 6.45) is -5.23. The molecule has 2 aromatic carbocycles. The van der Waals surface area contributed by atoms with Crippen LogP contribution in [0.1, 0.15) is 18.0 Å². The van der Waals surface area contributed by atoms with Gasteiger partial charge in [-0.05, 0) is 41.5 Å². The molecule has 34 heavy (non-hydrogen) atoms. The van der Waals surface area contributed by atoms with Crippen LogP contribution in [0.3, 0.4) is 0 Å². The van der Waals surface area contributed by atoms with Gasteiger partial charge in [0, 0.05) is 24.2 Å². The van der Waals surface area contributed by atoms with Crippen LogP contribution >= 0.6 is 0 Å². The molecule has 1 aliphatic heterocycles. The van der Waals surface area contributed by atoms with Gasteiger partial charge >= 0.3 is 12.1 Å². The van der Waals surface area contributed by atoms with E-state index in [4.69, 9.17) is 4.74 Å². The van der Waals surface area contributed by atoms with E-state index in [1.54, 1.807) is 30.3 Å². The Kier molecular flexibility index (Phi) is 5.96. The van der Waals surface area contributed by atoms with Crippen LogP contribution < -0.4 is 9.75 Å². The molecule has 0 aliphatic carbocycles. The zero-order chi connectivity index (χ0) is 24.7. The van der Waals surface area contributed by atoms with Crippen molar-refractivity contribution in [3.63, 3.8) is 0 Å². The number of halogens is 7. The second-order valence-electron chi connectivity index (χ2n) is 7.46.